The molecule has 2 aromatic carbocycles. The first kappa shape index (κ1) is 18.8. The molecule has 0 radical (unpaired) electrons. The van der Waals surface area contributed by atoms with Crippen LogP contribution in [0.2, 0.25) is 10.0 Å². The summed E-state index contributed by atoms with van der Waals surface area (Å²) in [4.78, 5) is 38.8. The van der Waals surface area contributed by atoms with E-state index < -0.39 is 17.7 Å². The number of thioether (sulfide) groups is 1. The van der Waals surface area contributed by atoms with Gasteiger partial charge in [0, 0.05) is 17.2 Å². The third-order valence-electron chi connectivity index (χ3n) is 3.75. The minimum atomic E-state index is -0.544. The van der Waals surface area contributed by atoms with Crippen LogP contribution >= 0.6 is 35.0 Å². The fourth-order valence-electron chi connectivity index (χ4n) is 2.50. The Morgan fingerprint density at radius 1 is 1.00 bits per heavy atom. The second kappa shape index (κ2) is 8.12. The highest BCUT2D eigenvalue weighted by atomic mass is 35.5. The van der Waals surface area contributed by atoms with Crippen LogP contribution in [0.5, 0.6) is 0 Å². The van der Waals surface area contributed by atoms with Gasteiger partial charge >= 0.3 is 0 Å². The van der Waals surface area contributed by atoms with Gasteiger partial charge in [-0.1, -0.05) is 41.4 Å². The number of hydrogen-bond donors (Lipinski definition) is 1. The van der Waals surface area contributed by atoms with Crippen LogP contribution in [0.25, 0.3) is 0 Å². The number of hydrogen-bond acceptors (Lipinski definition) is 4. The van der Waals surface area contributed by atoms with Crippen LogP contribution in [0.3, 0.4) is 0 Å². The van der Waals surface area contributed by atoms with Gasteiger partial charge in [0.2, 0.25) is 5.91 Å². The third-order valence-corrected chi connectivity index (χ3v) is 5.49. The average Bonchev–Trinajstić information content (AvgIpc) is 2.85. The predicted molar refractivity (Wildman–Crippen MR) is 102 cm³/mol. The molecular weight excluding hydrogens is 395 g/mol. The monoisotopic (exact) mass is 408 g/mol. The normalized spacial score (nSPS) is 13.1. The average molecular weight is 409 g/mol. The van der Waals surface area contributed by atoms with Crippen molar-refractivity contribution in [3.8, 4) is 0 Å². The Hall–Kier alpha value is -2.02. The zero-order valence-electron chi connectivity index (χ0n) is 13.5. The molecule has 0 bridgehead atoms. The Balaban J connectivity index is 1.53. The summed E-state index contributed by atoms with van der Waals surface area (Å²) in [6.45, 7) is 0.0941. The predicted octanol–water partition coefficient (Wildman–Crippen LogP) is 3.50. The minimum Gasteiger partial charge on any atom is -0.354 e. The number of fused-ring (bicyclic) bond motifs is 1. The van der Waals surface area contributed by atoms with Gasteiger partial charge in [0.25, 0.3) is 11.8 Å². The van der Waals surface area contributed by atoms with Crippen LogP contribution in [-0.2, 0) is 4.79 Å². The number of rotatable bonds is 6. The molecule has 8 heteroatoms. The first-order chi connectivity index (χ1) is 12.5. The number of amides is 3. The molecule has 5 nitrogen and oxygen atoms in total. The summed E-state index contributed by atoms with van der Waals surface area (Å²) in [6.07, 6.45) is 0. The molecule has 134 valence electrons. The lowest BCUT2D eigenvalue weighted by atomic mass is 10.1. The summed E-state index contributed by atoms with van der Waals surface area (Å²) in [7, 11) is 0. The lowest BCUT2D eigenvalue weighted by molar-refractivity contribution is -0.121. The van der Waals surface area contributed by atoms with E-state index in [-0.39, 0.29) is 27.7 Å². The van der Waals surface area contributed by atoms with Gasteiger partial charge in [-0.15, -0.1) is 11.8 Å². The Bertz CT molecular complexity index is 833. The van der Waals surface area contributed by atoms with Crippen molar-refractivity contribution in [2.24, 2.45) is 0 Å². The molecular formula is C18H14Cl2N2O3S. The Kier molecular flexibility index (Phi) is 5.86. The summed E-state index contributed by atoms with van der Waals surface area (Å²) in [5, 5.41) is 3.09. The summed E-state index contributed by atoms with van der Waals surface area (Å²) < 4.78 is 0. The van der Waals surface area contributed by atoms with Crippen molar-refractivity contribution < 1.29 is 14.4 Å². The molecule has 1 aliphatic rings. The molecule has 3 rings (SSSR count). The van der Waals surface area contributed by atoms with E-state index >= 15 is 0 Å². The van der Waals surface area contributed by atoms with Crippen LogP contribution in [0.4, 0.5) is 0 Å². The fraction of sp³-hybridized carbons (Fsp3) is 0.167. The van der Waals surface area contributed by atoms with Gasteiger partial charge in [0.05, 0.1) is 21.2 Å². The van der Waals surface area contributed by atoms with Crippen molar-refractivity contribution in [3.05, 3.63) is 63.6 Å². The highest BCUT2D eigenvalue weighted by molar-refractivity contribution is 7.99. The molecule has 0 saturated carbocycles. The fourth-order valence-corrected chi connectivity index (χ4v) is 3.62. The van der Waals surface area contributed by atoms with Gasteiger partial charge in [0.15, 0.2) is 0 Å². The number of nitrogens with zero attached hydrogens (tertiary/aromatic N) is 1. The standard InChI is InChI=1S/C18H14Cl2N2O3S/c19-14-8-12-13(9-15(14)20)18(25)22(17(12)24)10-16(23)21-6-7-26-11-4-2-1-3-5-11/h1-5,8-9H,6-7,10H2,(H,21,23). The van der Waals surface area contributed by atoms with Gasteiger partial charge in [-0.2, -0.15) is 0 Å². The maximum atomic E-state index is 12.3. The lowest BCUT2D eigenvalue weighted by Gasteiger charge is -2.13. The number of nitrogens with one attached hydrogen (secondary N) is 1. The minimum absolute atomic E-state index is 0.164. The largest absolute Gasteiger partial charge is 0.354 e. The highest BCUT2D eigenvalue weighted by Gasteiger charge is 2.37. The van der Waals surface area contributed by atoms with Gasteiger partial charge in [-0.3, -0.25) is 19.3 Å². The second-order valence-corrected chi connectivity index (χ2v) is 7.50. The van der Waals surface area contributed by atoms with Crippen molar-refractivity contribution in [1.82, 2.24) is 10.2 Å². The summed E-state index contributed by atoms with van der Waals surface area (Å²) in [5.41, 5.74) is 0.327. The van der Waals surface area contributed by atoms with Crippen LogP contribution in [-0.4, -0.2) is 41.5 Å². The molecule has 0 saturated heterocycles. The molecule has 0 unspecified atom stereocenters. The van der Waals surface area contributed by atoms with Gasteiger partial charge in [-0.25, -0.2) is 0 Å². The zero-order valence-corrected chi connectivity index (χ0v) is 15.8. The van der Waals surface area contributed by atoms with Gasteiger partial charge < -0.3 is 5.32 Å². The maximum Gasteiger partial charge on any atom is 0.262 e. The van der Waals surface area contributed by atoms with Crippen molar-refractivity contribution in [3.63, 3.8) is 0 Å². The highest BCUT2D eigenvalue weighted by Crippen LogP contribution is 2.31. The zero-order chi connectivity index (χ0) is 18.7. The first-order valence-electron chi connectivity index (χ1n) is 7.77. The van der Waals surface area contributed by atoms with E-state index in [1.54, 1.807) is 11.8 Å². The Labute approximate surface area is 164 Å². The van der Waals surface area contributed by atoms with E-state index in [1.165, 1.54) is 12.1 Å². The SMILES string of the molecule is O=C(CN1C(=O)c2cc(Cl)c(Cl)cc2C1=O)NCCSc1ccccc1. The van der Waals surface area contributed by atoms with E-state index in [9.17, 15) is 14.4 Å². The molecule has 26 heavy (non-hydrogen) atoms. The van der Waals surface area contributed by atoms with Crippen molar-refractivity contribution >= 4 is 52.7 Å². The molecule has 0 fully saturated rings. The smallest absolute Gasteiger partial charge is 0.262 e. The number of halogens is 2. The van der Waals surface area contributed by atoms with Crippen molar-refractivity contribution in [1.29, 1.82) is 0 Å². The maximum absolute atomic E-state index is 12.3. The summed E-state index contributed by atoms with van der Waals surface area (Å²) >= 11 is 13.4. The summed E-state index contributed by atoms with van der Waals surface area (Å²) in [5.74, 6) is -0.802. The van der Waals surface area contributed by atoms with Crippen LogP contribution in [0, 0.1) is 0 Å². The molecule has 0 aliphatic carbocycles. The van der Waals surface area contributed by atoms with E-state index in [1.807, 2.05) is 30.3 Å². The van der Waals surface area contributed by atoms with Crippen LogP contribution < -0.4 is 5.32 Å². The molecule has 2 aromatic rings. The Morgan fingerprint density at radius 3 is 2.15 bits per heavy atom. The van der Waals surface area contributed by atoms with Crippen molar-refractivity contribution in [2.75, 3.05) is 18.8 Å². The quantitative estimate of drug-likeness (QED) is 0.451. The second-order valence-electron chi connectivity index (χ2n) is 5.52. The van der Waals surface area contributed by atoms with Gasteiger partial charge in [-0.05, 0) is 24.3 Å². The molecule has 1 N–H and O–H groups in total. The van der Waals surface area contributed by atoms with Crippen LogP contribution in [0.1, 0.15) is 20.7 Å². The van der Waals surface area contributed by atoms with E-state index in [2.05, 4.69) is 5.32 Å². The Morgan fingerprint density at radius 2 is 1.58 bits per heavy atom. The summed E-state index contributed by atoms with van der Waals surface area (Å²) in [6, 6.07) is 12.5. The molecule has 0 aromatic heterocycles. The molecule has 1 heterocycles. The number of carbonyl (C=O) groups excluding carboxylic acids is 3. The van der Waals surface area contributed by atoms with E-state index in [0.29, 0.717) is 12.3 Å². The molecule has 3 amide bonds. The molecule has 0 spiro atoms. The van der Waals surface area contributed by atoms with Crippen molar-refractivity contribution in [2.45, 2.75) is 4.90 Å². The first-order valence-corrected chi connectivity index (χ1v) is 9.51. The number of carbonyl (C=O) groups is 3. The topological polar surface area (TPSA) is 66.5 Å². The lowest BCUT2D eigenvalue weighted by Crippen LogP contribution is -2.40. The molecule has 0 atom stereocenters. The van der Waals surface area contributed by atoms with E-state index in [0.717, 1.165) is 9.80 Å². The third kappa shape index (κ3) is 4.03. The van der Waals surface area contributed by atoms with E-state index in [4.69, 9.17) is 23.2 Å². The molecule has 1 aliphatic heterocycles. The van der Waals surface area contributed by atoms with Gasteiger partial charge in [0.1, 0.15) is 6.54 Å². The number of imide groups is 1. The van der Waals surface area contributed by atoms with Crippen LogP contribution in [0.15, 0.2) is 47.4 Å². The number of benzene rings is 2.